The Kier molecular flexibility index (Phi) is 5.74. The minimum absolute atomic E-state index is 0.0712. The number of hydrogen-bond donors (Lipinski definition) is 2. The van der Waals surface area contributed by atoms with Gasteiger partial charge >= 0.3 is 16.2 Å². The summed E-state index contributed by atoms with van der Waals surface area (Å²) in [6.45, 7) is -0.372. The molecule has 0 heterocycles. The van der Waals surface area contributed by atoms with Crippen LogP contribution in [-0.4, -0.2) is 46.3 Å². The fourth-order valence-corrected chi connectivity index (χ4v) is 2.56. The van der Waals surface area contributed by atoms with Crippen molar-refractivity contribution in [3.05, 3.63) is 30.3 Å². The molecule has 0 unspecified atom stereocenters. The first-order chi connectivity index (χ1) is 8.97. The van der Waals surface area contributed by atoms with Gasteiger partial charge in [0.25, 0.3) is 0 Å². The molecule has 0 aromatic heterocycles. The second-order valence-electron chi connectivity index (χ2n) is 3.63. The van der Waals surface area contributed by atoms with Crippen LogP contribution in [0.1, 0.15) is 0 Å². The maximum absolute atomic E-state index is 12.0. The molecule has 0 saturated carbocycles. The second kappa shape index (κ2) is 7.07. The van der Waals surface area contributed by atoms with Crippen molar-refractivity contribution >= 4 is 21.9 Å². The van der Waals surface area contributed by atoms with Gasteiger partial charge in [0.05, 0.1) is 12.3 Å². The van der Waals surface area contributed by atoms with Crippen LogP contribution < -0.4 is 9.03 Å². The van der Waals surface area contributed by atoms with E-state index in [2.05, 4.69) is 4.72 Å². The smallest absolute Gasteiger partial charge is 0.324 e. The minimum Gasteiger partial charge on any atom is -0.480 e. The van der Waals surface area contributed by atoms with Gasteiger partial charge in [0.1, 0.15) is 6.54 Å². The fraction of sp³-hybridized carbons (Fsp3) is 0.364. The highest BCUT2D eigenvalue weighted by molar-refractivity contribution is 7.90. The van der Waals surface area contributed by atoms with E-state index < -0.39 is 22.7 Å². The van der Waals surface area contributed by atoms with Crippen LogP contribution in [0.2, 0.25) is 0 Å². The Balaban J connectivity index is 2.94. The number of anilines is 1. The van der Waals surface area contributed by atoms with Gasteiger partial charge in [0.2, 0.25) is 0 Å². The van der Waals surface area contributed by atoms with Gasteiger partial charge in [0.15, 0.2) is 0 Å². The molecular weight excluding hydrogens is 272 g/mol. The minimum atomic E-state index is -3.92. The van der Waals surface area contributed by atoms with Crippen LogP contribution in [0.4, 0.5) is 5.69 Å². The molecule has 1 rings (SSSR count). The molecule has 0 atom stereocenters. The molecule has 0 fully saturated rings. The number of aliphatic carboxylic acids is 1. The molecule has 0 saturated heterocycles. The average molecular weight is 288 g/mol. The second-order valence-corrected chi connectivity index (χ2v) is 5.31. The zero-order valence-electron chi connectivity index (χ0n) is 10.4. The molecule has 1 aromatic carbocycles. The van der Waals surface area contributed by atoms with Crippen LogP contribution >= 0.6 is 0 Å². The number of rotatable bonds is 8. The number of carboxylic acid groups (broad SMARTS) is 1. The number of ether oxygens (including phenoxy) is 1. The number of carbonyl (C=O) groups is 1. The standard InChI is InChI=1S/C11H16N2O5S/c1-18-8-7-12-19(16,17)13(9-11(14)15)10-5-3-2-4-6-10/h2-6,12H,7-9H2,1H3,(H,14,15). The van der Waals surface area contributed by atoms with Crippen LogP contribution in [0.5, 0.6) is 0 Å². The Labute approximate surface area is 112 Å². The molecular formula is C11H16N2O5S. The molecule has 1 aromatic rings. The third kappa shape index (κ3) is 4.86. The quantitative estimate of drug-likeness (QED) is 0.659. The monoisotopic (exact) mass is 288 g/mol. The normalized spacial score (nSPS) is 11.2. The molecule has 8 heteroatoms. The van der Waals surface area contributed by atoms with Crippen LogP contribution in [-0.2, 0) is 19.7 Å². The Morgan fingerprint density at radius 1 is 1.37 bits per heavy atom. The lowest BCUT2D eigenvalue weighted by Crippen LogP contribution is -2.44. The number of nitrogens with one attached hydrogen (secondary N) is 1. The molecule has 0 radical (unpaired) electrons. The molecule has 0 bridgehead atoms. The van der Waals surface area contributed by atoms with E-state index in [-0.39, 0.29) is 18.8 Å². The first-order valence-corrected chi connectivity index (χ1v) is 6.94. The average Bonchev–Trinajstić information content (AvgIpc) is 2.37. The van der Waals surface area contributed by atoms with E-state index in [1.165, 1.54) is 19.2 Å². The fourth-order valence-electron chi connectivity index (χ4n) is 1.38. The van der Waals surface area contributed by atoms with Crippen LogP contribution in [0.25, 0.3) is 0 Å². The summed E-state index contributed by atoms with van der Waals surface area (Å²) in [5.74, 6) is -1.24. The van der Waals surface area contributed by atoms with E-state index in [0.29, 0.717) is 0 Å². The maximum Gasteiger partial charge on any atom is 0.324 e. The van der Waals surface area contributed by atoms with Crippen LogP contribution in [0.3, 0.4) is 0 Å². The van der Waals surface area contributed by atoms with Gasteiger partial charge < -0.3 is 9.84 Å². The molecule has 7 nitrogen and oxygen atoms in total. The number of benzene rings is 1. The van der Waals surface area contributed by atoms with Crippen molar-refractivity contribution in [1.82, 2.24) is 4.72 Å². The summed E-state index contributed by atoms with van der Waals surface area (Å²) in [7, 11) is -2.48. The Hall–Kier alpha value is -1.64. The number of hydrogen-bond acceptors (Lipinski definition) is 4. The van der Waals surface area contributed by atoms with Gasteiger partial charge in [0, 0.05) is 13.7 Å². The Morgan fingerprint density at radius 3 is 2.53 bits per heavy atom. The van der Waals surface area contributed by atoms with Crippen molar-refractivity contribution in [2.75, 3.05) is 31.1 Å². The van der Waals surface area contributed by atoms with Crippen molar-refractivity contribution < 1.29 is 23.1 Å². The number of nitrogens with zero attached hydrogens (tertiary/aromatic N) is 1. The van der Waals surface area contributed by atoms with Crippen LogP contribution in [0, 0.1) is 0 Å². The van der Waals surface area contributed by atoms with E-state index in [0.717, 1.165) is 4.31 Å². The predicted molar refractivity (Wildman–Crippen MR) is 70.2 cm³/mol. The van der Waals surface area contributed by atoms with Crippen molar-refractivity contribution in [2.45, 2.75) is 0 Å². The zero-order chi connectivity index (χ0) is 14.3. The predicted octanol–water partition coefficient (Wildman–Crippen LogP) is 0.0584. The maximum atomic E-state index is 12.0. The van der Waals surface area contributed by atoms with E-state index >= 15 is 0 Å². The highest BCUT2D eigenvalue weighted by atomic mass is 32.2. The van der Waals surface area contributed by atoms with E-state index in [1.807, 2.05) is 0 Å². The van der Waals surface area contributed by atoms with Gasteiger partial charge in [-0.25, -0.2) is 4.31 Å². The molecule has 2 N–H and O–H groups in total. The molecule has 0 aliphatic rings. The van der Waals surface area contributed by atoms with Crippen molar-refractivity contribution in [2.24, 2.45) is 0 Å². The lowest BCUT2D eigenvalue weighted by Gasteiger charge is -2.22. The Morgan fingerprint density at radius 2 is 2.00 bits per heavy atom. The van der Waals surface area contributed by atoms with Crippen molar-refractivity contribution in [3.63, 3.8) is 0 Å². The SMILES string of the molecule is COCCNS(=O)(=O)N(CC(=O)O)c1ccccc1. The van der Waals surface area contributed by atoms with E-state index in [9.17, 15) is 13.2 Å². The summed E-state index contributed by atoms with van der Waals surface area (Å²) in [5.41, 5.74) is 0.287. The number of carboxylic acids is 1. The summed E-state index contributed by atoms with van der Waals surface area (Å²) in [6.07, 6.45) is 0. The summed E-state index contributed by atoms with van der Waals surface area (Å²) in [6, 6.07) is 8.04. The van der Waals surface area contributed by atoms with Gasteiger partial charge in [-0.3, -0.25) is 4.79 Å². The lowest BCUT2D eigenvalue weighted by atomic mass is 10.3. The summed E-state index contributed by atoms with van der Waals surface area (Å²) in [5, 5.41) is 8.82. The van der Waals surface area contributed by atoms with Gasteiger partial charge in [-0.1, -0.05) is 18.2 Å². The first kappa shape index (κ1) is 15.4. The van der Waals surface area contributed by atoms with Gasteiger partial charge in [-0.15, -0.1) is 0 Å². The zero-order valence-corrected chi connectivity index (χ0v) is 11.3. The molecule has 0 aliphatic heterocycles. The number of methoxy groups -OCH3 is 1. The van der Waals surface area contributed by atoms with Crippen molar-refractivity contribution in [3.8, 4) is 0 Å². The van der Waals surface area contributed by atoms with Crippen molar-refractivity contribution in [1.29, 1.82) is 0 Å². The lowest BCUT2D eigenvalue weighted by molar-refractivity contribution is -0.135. The summed E-state index contributed by atoms with van der Waals surface area (Å²) < 4.78 is 31.9. The largest absolute Gasteiger partial charge is 0.480 e. The molecule has 106 valence electrons. The molecule has 19 heavy (non-hydrogen) atoms. The van der Waals surface area contributed by atoms with Gasteiger partial charge in [-0.2, -0.15) is 13.1 Å². The third-order valence-corrected chi connectivity index (χ3v) is 3.69. The third-order valence-electron chi connectivity index (χ3n) is 2.20. The van der Waals surface area contributed by atoms with E-state index in [1.54, 1.807) is 18.2 Å². The number of para-hydroxylation sites is 1. The summed E-state index contributed by atoms with van der Waals surface area (Å²) in [4.78, 5) is 10.8. The summed E-state index contributed by atoms with van der Waals surface area (Å²) >= 11 is 0. The molecule has 0 spiro atoms. The first-order valence-electron chi connectivity index (χ1n) is 5.50. The topological polar surface area (TPSA) is 95.9 Å². The molecule has 0 amide bonds. The van der Waals surface area contributed by atoms with Crippen LogP contribution in [0.15, 0.2) is 30.3 Å². The highest BCUT2D eigenvalue weighted by Gasteiger charge is 2.24. The van der Waals surface area contributed by atoms with Gasteiger partial charge in [-0.05, 0) is 12.1 Å². The molecule has 0 aliphatic carbocycles. The highest BCUT2D eigenvalue weighted by Crippen LogP contribution is 2.16. The Bertz CT molecular complexity index is 503. The van der Waals surface area contributed by atoms with E-state index in [4.69, 9.17) is 9.84 Å².